The summed E-state index contributed by atoms with van der Waals surface area (Å²) in [5.74, 6) is -2.25. The quantitative estimate of drug-likeness (QED) is 0.455. The number of nitrogens with zero attached hydrogens (tertiary/aromatic N) is 1. The average Bonchev–Trinajstić information content (AvgIpc) is 2.78. The van der Waals surface area contributed by atoms with E-state index in [0.29, 0.717) is 0 Å². The van der Waals surface area contributed by atoms with E-state index in [9.17, 15) is 18.4 Å². The Morgan fingerprint density at radius 1 is 0.941 bits per heavy atom. The number of carbonyl (C=O) groups excluding carboxylic acids is 2. The van der Waals surface area contributed by atoms with Gasteiger partial charge in [0.15, 0.2) is 0 Å². The van der Waals surface area contributed by atoms with Gasteiger partial charge in [-0.3, -0.25) is 4.79 Å². The summed E-state index contributed by atoms with van der Waals surface area (Å²) < 4.78 is 48.1. The molecule has 0 aliphatic carbocycles. The highest BCUT2D eigenvalue weighted by molar-refractivity contribution is 6.04. The molecule has 3 rings (SSSR count). The van der Waals surface area contributed by atoms with E-state index in [1.165, 1.54) is 50.7 Å². The largest absolute Gasteiger partial charge is 0.488 e. The second-order valence-corrected chi connectivity index (χ2v) is 7.16. The first-order valence-electron chi connectivity index (χ1n) is 10.1. The first-order chi connectivity index (χ1) is 16.3. The average molecular weight is 472 g/mol. The number of aromatic nitrogens is 1. The lowest BCUT2D eigenvalue weighted by Gasteiger charge is -2.16. The van der Waals surface area contributed by atoms with Crippen LogP contribution in [-0.4, -0.2) is 43.8 Å². The van der Waals surface area contributed by atoms with Gasteiger partial charge in [0.05, 0.1) is 19.3 Å². The Morgan fingerprint density at radius 2 is 1.62 bits per heavy atom. The van der Waals surface area contributed by atoms with E-state index in [2.05, 4.69) is 15.0 Å². The molecule has 178 valence electrons. The zero-order valence-electron chi connectivity index (χ0n) is 18.6. The SMILES string of the molecule is COC[C@H](C)Oc1cc(Oc2cc(F)cc(F)c2)cc(C(=O)Nc2ccc(C(=O)OC)cn2)c1. The smallest absolute Gasteiger partial charge is 0.339 e. The summed E-state index contributed by atoms with van der Waals surface area (Å²) in [4.78, 5) is 28.4. The molecule has 0 bridgehead atoms. The van der Waals surface area contributed by atoms with Crippen molar-refractivity contribution in [3.05, 3.63) is 77.5 Å². The molecule has 1 atom stereocenters. The lowest BCUT2D eigenvalue weighted by atomic mass is 10.1. The maximum atomic E-state index is 13.6. The molecule has 0 fully saturated rings. The van der Waals surface area contributed by atoms with Crippen LogP contribution in [0.3, 0.4) is 0 Å². The first-order valence-corrected chi connectivity index (χ1v) is 10.1. The Bertz CT molecular complexity index is 1150. The second-order valence-electron chi connectivity index (χ2n) is 7.16. The van der Waals surface area contributed by atoms with Crippen LogP contribution in [-0.2, 0) is 9.47 Å². The molecule has 1 N–H and O–H groups in total. The fraction of sp³-hybridized carbons (Fsp3) is 0.208. The number of hydrogen-bond acceptors (Lipinski definition) is 7. The van der Waals surface area contributed by atoms with Crippen molar-refractivity contribution in [2.75, 3.05) is 26.1 Å². The number of esters is 1. The lowest BCUT2D eigenvalue weighted by Crippen LogP contribution is -2.19. The van der Waals surface area contributed by atoms with Crippen LogP contribution in [0.15, 0.2) is 54.7 Å². The monoisotopic (exact) mass is 472 g/mol. The van der Waals surface area contributed by atoms with Crippen LogP contribution in [0, 0.1) is 11.6 Å². The number of halogens is 2. The Kier molecular flexibility index (Phi) is 8.10. The highest BCUT2D eigenvalue weighted by Crippen LogP contribution is 2.29. The van der Waals surface area contributed by atoms with Crippen LogP contribution in [0.2, 0.25) is 0 Å². The van der Waals surface area contributed by atoms with Gasteiger partial charge < -0.3 is 24.3 Å². The van der Waals surface area contributed by atoms with Gasteiger partial charge in [-0.2, -0.15) is 0 Å². The van der Waals surface area contributed by atoms with Crippen LogP contribution in [0.5, 0.6) is 17.2 Å². The van der Waals surface area contributed by atoms with Crippen molar-refractivity contribution in [3.8, 4) is 17.2 Å². The molecular weight excluding hydrogens is 450 g/mol. The zero-order chi connectivity index (χ0) is 24.7. The Labute approximate surface area is 194 Å². The summed E-state index contributed by atoms with van der Waals surface area (Å²) in [7, 11) is 2.77. The highest BCUT2D eigenvalue weighted by atomic mass is 19.1. The van der Waals surface area contributed by atoms with Crippen molar-refractivity contribution in [1.29, 1.82) is 0 Å². The van der Waals surface area contributed by atoms with E-state index in [1.807, 2.05) is 0 Å². The number of amides is 1. The molecule has 0 radical (unpaired) electrons. The van der Waals surface area contributed by atoms with Gasteiger partial charge in [-0.25, -0.2) is 18.6 Å². The predicted octanol–water partition coefficient (Wildman–Crippen LogP) is 4.60. The second kappa shape index (κ2) is 11.2. The van der Waals surface area contributed by atoms with Gasteiger partial charge in [-0.1, -0.05) is 0 Å². The Morgan fingerprint density at radius 3 is 2.24 bits per heavy atom. The molecule has 0 unspecified atom stereocenters. The van der Waals surface area contributed by atoms with E-state index >= 15 is 0 Å². The Hall–Kier alpha value is -4.05. The number of nitrogens with one attached hydrogen (secondary N) is 1. The Balaban J connectivity index is 1.87. The van der Waals surface area contributed by atoms with Gasteiger partial charge in [0.1, 0.15) is 40.8 Å². The number of ether oxygens (including phenoxy) is 4. The lowest BCUT2D eigenvalue weighted by molar-refractivity contribution is 0.0600. The molecule has 0 spiro atoms. The molecular formula is C24H22F2N2O6. The van der Waals surface area contributed by atoms with Crippen LogP contribution in [0.4, 0.5) is 14.6 Å². The topological polar surface area (TPSA) is 96.0 Å². The minimum Gasteiger partial charge on any atom is -0.488 e. The molecule has 3 aromatic rings. The first kappa shape index (κ1) is 24.6. The molecule has 0 aliphatic rings. The van der Waals surface area contributed by atoms with Crippen molar-refractivity contribution in [2.45, 2.75) is 13.0 Å². The number of pyridine rings is 1. The van der Waals surface area contributed by atoms with E-state index in [1.54, 1.807) is 6.92 Å². The minimum atomic E-state index is -0.810. The van der Waals surface area contributed by atoms with Gasteiger partial charge in [0.25, 0.3) is 5.91 Å². The number of anilines is 1. The zero-order valence-corrected chi connectivity index (χ0v) is 18.6. The summed E-state index contributed by atoms with van der Waals surface area (Å²) in [6.07, 6.45) is 0.913. The van der Waals surface area contributed by atoms with E-state index in [-0.39, 0.29) is 46.9 Å². The highest BCUT2D eigenvalue weighted by Gasteiger charge is 2.15. The van der Waals surface area contributed by atoms with E-state index in [0.717, 1.165) is 18.2 Å². The molecule has 1 aromatic heterocycles. The molecule has 1 heterocycles. The summed E-state index contributed by atoms with van der Waals surface area (Å²) >= 11 is 0. The molecule has 0 saturated heterocycles. The predicted molar refractivity (Wildman–Crippen MR) is 118 cm³/mol. The fourth-order valence-electron chi connectivity index (χ4n) is 2.95. The summed E-state index contributed by atoms with van der Waals surface area (Å²) in [6.45, 7) is 2.06. The van der Waals surface area contributed by atoms with E-state index in [4.69, 9.17) is 14.2 Å². The maximum absolute atomic E-state index is 13.6. The fourth-order valence-corrected chi connectivity index (χ4v) is 2.95. The van der Waals surface area contributed by atoms with Gasteiger partial charge in [0, 0.05) is 43.1 Å². The van der Waals surface area contributed by atoms with E-state index < -0.39 is 23.5 Å². The third-order valence-electron chi connectivity index (χ3n) is 4.38. The molecule has 0 saturated carbocycles. The number of carbonyl (C=O) groups is 2. The van der Waals surface area contributed by atoms with Crippen LogP contribution in [0.25, 0.3) is 0 Å². The van der Waals surface area contributed by atoms with Gasteiger partial charge in [0.2, 0.25) is 0 Å². The van der Waals surface area contributed by atoms with Gasteiger partial charge >= 0.3 is 5.97 Å². The summed E-state index contributed by atoms with van der Waals surface area (Å²) in [5.41, 5.74) is 0.355. The summed E-state index contributed by atoms with van der Waals surface area (Å²) in [5, 5.41) is 2.60. The number of benzene rings is 2. The third kappa shape index (κ3) is 6.72. The molecule has 0 aliphatic heterocycles. The molecule has 10 heteroatoms. The van der Waals surface area contributed by atoms with Crippen molar-refractivity contribution in [2.24, 2.45) is 0 Å². The number of methoxy groups -OCH3 is 2. The molecule has 1 amide bonds. The van der Waals surface area contributed by atoms with Crippen molar-refractivity contribution >= 4 is 17.7 Å². The van der Waals surface area contributed by atoms with Crippen LogP contribution >= 0.6 is 0 Å². The van der Waals surface area contributed by atoms with Crippen LogP contribution in [0.1, 0.15) is 27.6 Å². The standard InChI is InChI=1S/C24H22F2N2O6/c1-14(13-31-2)33-19-6-16(7-20(11-19)34-21-9-17(25)8-18(26)10-21)23(29)28-22-5-4-15(12-27-22)24(30)32-3/h4-12,14H,13H2,1-3H3,(H,27,28,29)/t14-/m0/s1. The summed E-state index contributed by atoms with van der Waals surface area (Å²) in [6, 6.07) is 9.97. The van der Waals surface area contributed by atoms with Gasteiger partial charge in [-0.05, 0) is 31.2 Å². The maximum Gasteiger partial charge on any atom is 0.339 e. The van der Waals surface area contributed by atoms with Crippen molar-refractivity contribution in [3.63, 3.8) is 0 Å². The molecule has 8 nitrogen and oxygen atoms in total. The van der Waals surface area contributed by atoms with Crippen molar-refractivity contribution in [1.82, 2.24) is 4.98 Å². The van der Waals surface area contributed by atoms with Crippen LogP contribution < -0.4 is 14.8 Å². The number of rotatable bonds is 9. The van der Waals surface area contributed by atoms with Gasteiger partial charge in [-0.15, -0.1) is 0 Å². The molecule has 2 aromatic carbocycles. The third-order valence-corrected chi connectivity index (χ3v) is 4.38. The molecule has 34 heavy (non-hydrogen) atoms. The normalized spacial score (nSPS) is 11.4. The number of hydrogen-bond donors (Lipinski definition) is 1. The van der Waals surface area contributed by atoms with Crippen molar-refractivity contribution < 1.29 is 37.3 Å². The minimum absolute atomic E-state index is 0.0917.